The minimum absolute atomic E-state index is 0.0154. The van der Waals surface area contributed by atoms with E-state index in [1.54, 1.807) is 0 Å². The van der Waals surface area contributed by atoms with Crippen molar-refractivity contribution < 1.29 is 9.59 Å². The van der Waals surface area contributed by atoms with Gasteiger partial charge in [0.2, 0.25) is 0 Å². The van der Waals surface area contributed by atoms with E-state index in [-0.39, 0.29) is 23.0 Å². The second kappa shape index (κ2) is 5.57. The van der Waals surface area contributed by atoms with Crippen LogP contribution in [0.15, 0.2) is 18.2 Å². The van der Waals surface area contributed by atoms with Crippen LogP contribution in [0, 0.1) is 16.7 Å². The Morgan fingerprint density at radius 3 is 2.48 bits per heavy atom. The molecule has 1 saturated heterocycles. The zero-order chi connectivity index (χ0) is 18.0. The number of carbonyl (C=O) groups is 2. The first-order chi connectivity index (χ1) is 11.7. The van der Waals surface area contributed by atoms with Crippen molar-refractivity contribution in [3.05, 3.63) is 28.8 Å². The Balaban J connectivity index is 1.86. The summed E-state index contributed by atoms with van der Waals surface area (Å²) in [6.45, 7) is 7.20. The molecule has 2 aliphatic heterocycles. The van der Waals surface area contributed by atoms with Gasteiger partial charge in [-0.2, -0.15) is 0 Å². The van der Waals surface area contributed by atoms with Gasteiger partial charge in [-0.25, -0.2) is 0 Å². The van der Waals surface area contributed by atoms with Crippen molar-refractivity contribution in [2.75, 3.05) is 11.4 Å². The first kappa shape index (κ1) is 17.1. The van der Waals surface area contributed by atoms with Crippen LogP contribution in [-0.2, 0) is 16.0 Å². The number of ketones is 2. The van der Waals surface area contributed by atoms with Gasteiger partial charge in [0.25, 0.3) is 0 Å². The fourth-order valence-electron chi connectivity index (χ4n) is 5.24. The smallest absolute Gasteiger partial charge is 0.149 e. The maximum Gasteiger partial charge on any atom is 0.149 e. The third kappa shape index (κ3) is 2.54. The summed E-state index contributed by atoms with van der Waals surface area (Å²) in [6.07, 6.45) is 3.54. The summed E-state index contributed by atoms with van der Waals surface area (Å²) in [5, 5.41) is 0.717. The minimum atomic E-state index is -0.856. The van der Waals surface area contributed by atoms with E-state index in [9.17, 15) is 9.59 Å². The zero-order valence-electron chi connectivity index (χ0n) is 15.3. The summed E-state index contributed by atoms with van der Waals surface area (Å²) in [6, 6.07) is 5.88. The lowest BCUT2D eigenvalue weighted by Crippen LogP contribution is -2.65. The number of benzene rings is 1. The molecule has 1 saturated carbocycles. The molecule has 1 aromatic rings. The lowest BCUT2D eigenvalue weighted by molar-refractivity contribution is -0.151. The van der Waals surface area contributed by atoms with Gasteiger partial charge in [-0.05, 0) is 48.3 Å². The molecule has 1 aliphatic carbocycles. The normalized spacial score (nSPS) is 30.2. The molecular weight excluding hydrogens is 334 g/mol. The van der Waals surface area contributed by atoms with Gasteiger partial charge in [0.1, 0.15) is 17.0 Å². The number of Topliss-reactive ketones (excluding diaryl/α,β-unsaturated/α-hetero) is 2. The van der Waals surface area contributed by atoms with E-state index >= 15 is 0 Å². The van der Waals surface area contributed by atoms with Gasteiger partial charge < -0.3 is 4.90 Å². The molecule has 0 N–H and O–H groups in total. The van der Waals surface area contributed by atoms with Crippen molar-refractivity contribution in [3.8, 4) is 0 Å². The molecule has 4 heteroatoms. The average Bonchev–Trinajstić information content (AvgIpc) is 2.51. The first-order valence-electron chi connectivity index (χ1n) is 9.35. The lowest BCUT2D eigenvalue weighted by atomic mass is 9.55. The standard InChI is InChI=1S/C21H26ClNO2/c1-13-6-7-23-16-9-15(22)5-4-14(16)10-21(17(23)8-13)18(24)11-20(2,3)12-19(21)25/h4-5,9,13,17H,6-8,10-12H2,1-3H3. The quantitative estimate of drug-likeness (QED) is 0.642. The van der Waals surface area contributed by atoms with Crippen LogP contribution in [0.3, 0.4) is 0 Å². The van der Waals surface area contributed by atoms with Crippen LogP contribution in [0.25, 0.3) is 0 Å². The molecule has 0 bridgehead atoms. The van der Waals surface area contributed by atoms with E-state index < -0.39 is 5.41 Å². The largest absolute Gasteiger partial charge is 0.367 e. The fourth-order valence-corrected chi connectivity index (χ4v) is 5.41. The molecule has 1 aromatic carbocycles. The molecule has 2 atom stereocenters. The highest BCUT2D eigenvalue weighted by atomic mass is 35.5. The minimum Gasteiger partial charge on any atom is -0.367 e. The molecule has 0 aromatic heterocycles. The van der Waals surface area contributed by atoms with Crippen LogP contribution in [0.5, 0.6) is 0 Å². The number of carbonyl (C=O) groups excluding carboxylic acids is 2. The number of fused-ring (bicyclic) bond motifs is 4. The third-order valence-electron chi connectivity index (χ3n) is 6.53. The maximum absolute atomic E-state index is 13.4. The molecule has 2 fully saturated rings. The summed E-state index contributed by atoms with van der Waals surface area (Å²) >= 11 is 6.25. The molecule has 25 heavy (non-hydrogen) atoms. The highest BCUT2D eigenvalue weighted by Gasteiger charge is 2.60. The first-order valence-corrected chi connectivity index (χ1v) is 9.72. The predicted molar refractivity (Wildman–Crippen MR) is 100 cm³/mol. The SMILES string of the molecule is CC1CCN2c3cc(Cl)ccc3CC3(C(=O)CC(C)(C)CC3=O)C2C1. The average molecular weight is 360 g/mol. The highest BCUT2D eigenvalue weighted by Crippen LogP contribution is 2.52. The van der Waals surface area contributed by atoms with Gasteiger partial charge in [-0.1, -0.05) is 38.4 Å². The number of halogens is 1. The van der Waals surface area contributed by atoms with E-state index in [1.165, 1.54) is 0 Å². The van der Waals surface area contributed by atoms with E-state index in [4.69, 9.17) is 11.6 Å². The molecule has 1 spiro atoms. The number of piperidine rings is 1. The second-order valence-electron chi connectivity index (χ2n) is 9.12. The van der Waals surface area contributed by atoms with Crippen molar-refractivity contribution in [2.24, 2.45) is 16.7 Å². The lowest BCUT2D eigenvalue weighted by Gasteiger charge is -2.55. The van der Waals surface area contributed by atoms with Crippen LogP contribution in [0.2, 0.25) is 5.02 Å². The predicted octanol–water partition coefficient (Wildman–Crippen LogP) is 4.45. The van der Waals surface area contributed by atoms with E-state index in [2.05, 4.69) is 11.8 Å². The molecule has 0 amide bonds. The Morgan fingerprint density at radius 2 is 1.80 bits per heavy atom. The van der Waals surface area contributed by atoms with Crippen molar-refractivity contribution in [1.29, 1.82) is 0 Å². The van der Waals surface area contributed by atoms with Crippen LogP contribution in [0.1, 0.15) is 52.0 Å². The van der Waals surface area contributed by atoms with E-state index in [1.807, 2.05) is 32.0 Å². The van der Waals surface area contributed by atoms with Crippen LogP contribution >= 0.6 is 11.6 Å². The van der Waals surface area contributed by atoms with Crippen LogP contribution in [-0.4, -0.2) is 24.2 Å². The number of hydrogen-bond acceptors (Lipinski definition) is 3. The Labute approximate surface area is 154 Å². The summed E-state index contributed by atoms with van der Waals surface area (Å²) in [4.78, 5) is 29.0. The van der Waals surface area contributed by atoms with Gasteiger partial charge >= 0.3 is 0 Å². The number of rotatable bonds is 0. The molecule has 134 valence electrons. The Bertz CT molecular complexity index is 734. The number of nitrogens with zero attached hydrogens (tertiary/aromatic N) is 1. The fraction of sp³-hybridized carbons (Fsp3) is 0.619. The number of anilines is 1. The maximum atomic E-state index is 13.4. The molecule has 3 aliphatic rings. The van der Waals surface area contributed by atoms with E-state index in [0.717, 1.165) is 35.7 Å². The number of hydrogen-bond donors (Lipinski definition) is 0. The Hall–Kier alpha value is -1.35. The van der Waals surface area contributed by atoms with Crippen molar-refractivity contribution >= 4 is 28.9 Å². The van der Waals surface area contributed by atoms with Crippen molar-refractivity contribution in [3.63, 3.8) is 0 Å². The summed E-state index contributed by atoms with van der Waals surface area (Å²) < 4.78 is 0. The van der Waals surface area contributed by atoms with Gasteiger partial charge in [0.05, 0.1) is 0 Å². The van der Waals surface area contributed by atoms with Crippen LogP contribution < -0.4 is 4.90 Å². The Kier molecular flexibility index (Phi) is 3.81. The van der Waals surface area contributed by atoms with Crippen molar-refractivity contribution in [2.45, 2.75) is 58.9 Å². The van der Waals surface area contributed by atoms with Crippen molar-refractivity contribution in [1.82, 2.24) is 0 Å². The van der Waals surface area contributed by atoms with Gasteiger partial charge in [-0.15, -0.1) is 0 Å². The van der Waals surface area contributed by atoms with Crippen LogP contribution in [0.4, 0.5) is 5.69 Å². The highest BCUT2D eigenvalue weighted by molar-refractivity contribution is 6.31. The van der Waals surface area contributed by atoms with Gasteiger partial charge in [0.15, 0.2) is 0 Å². The Morgan fingerprint density at radius 1 is 1.12 bits per heavy atom. The van der Waals surface area contributed by atoms with Gasteiger partial charge in [0, 0.05) is 36.1 Å². The van der Waals surface area contributed by atoms with E-state index in [0.29, 0.717) is 25.2 Å². The molecule has 2 unspecified atom stereocenters. The topological polar surface area (TPSA) is 37.4 Å². The van der Waals surface area contributed by atoms with Gasteiger partial charge in [-0.3, -0.25) is 9.59 Å². The summed E-state index contributed by atoms with van der Waals surface area (Å²) in [5.74, 6) is 0.839. The molecule has 2 heterocycles. The third-order valence-corrected chi connectivity index (χ3v) is 6.77. The second-order valence-corrected chi connectivity index (χ2v) is 9.56. The molecule has 0 radical (unpaired) electrons. The molecule has 4 rings (SSSR count). The molecular formula is C21H26ClNO2. The summed E-state index contributed by atoms with van der Waals surface area (Å²) in [7, 11) is 0. The monoisotopic (exact) mass is 359 g/mol. The zero-order valence-corrected chi connectivity index (χ0v) is 16.0. The molecule has 3 nitrogen and oxygen atoms in total. The summed E-state index contributed by atoms with van der Waals surface area (Å²) in [5.41, 5.74) is 1.15.